The van der Waals surface area contributed by atoms with Gasteiger partial charge in [0.05, 0.1) is 41.8 Å². The van der Waals surface area contributed by atoms with Crippen LogP contribution in [0.15, 0.2) is 59.0 Å². The van der Waals surface area contributed by atoms with E-state index in [1.54, 1.807) is 63.4 Å². The average Bonchev–Trinajstić information content (AvgIpc) is 2.96. The van der Waals surface area contributed by atoms with E-state index in [1.165, 1.54) is 6.07 Å². The van der Waals surface area contributed by atoms with E-state index in [9.17, 15) is 23.3 Å². The predicted octanol–water partition coefficient (Wildman–Crippen LogP) is 2.17. The summed E-state index contributed by atoms with van der Waals surface area (Å²) in [6, 6.07) is 12.2. The highest BCUT2D eigenvalue weighted by Crippen LogP contribution is 2.38. The lowest BCUT2D eigenvalue weighted by atomic mass is 9.80. The van der Waals surface area contributed by atoms with Crippen molar-refractivity contribution in [2.24, 2.45) is 5.73 Å². The molecule has 0 bridgehead atoms. The number of nitrogens with one attached hydrogen (secondary N) is 1. The molecule has 0 saturated heterocycles. The van der Waals surface area contributed by atoms with Crippen LogP contribution >= 0.6 is 0 Å². The Morgan fingerprint density at radius 2 is 2.05 bits per heavy atom. The highest BCUT2D eigenvalue weighted by atomic mass is 32.2. The van der Waals surface area contributed by atoms with Crippen molar-refractivity contribution in [3.05, 3.63) is 76.4 Å². The zero-order chi connectivity index (χ0) is 29.8. The summed E-state index contributed by atoms with van der Waals surface area (Å²) in [5, 5.41) is 12.6. The van der Waals surface area contributed by atoms with Gasteiger partial charge in [0.1, 0.15) is 0 Å². The summed E-state index contributed by atoms with van der Waals surface area (Å²) in [7, 11) is -2.81. The molecule has 4 rings (SSSR count). The molecule has 2 aliphatic rings. The van der Waals surface area contributed by atoms with Crippen LogP contribution in [0, 0.1) is 11.3 Å². The predicted molar refractivity (Wildman–Crippen MR) is 152 cm³/mol. The number of carbonyl (C=O) groups excluding carboxylic acids is 2. The van der Waals surface area contributed by atoms with Gasteiger partial charge in [-0.15, -0.1) is 0 Å². The van der Waals surface area contributed by atoms with E-state index >= 15 is 0 Å². The van der Waals surface area contributed by atoms with Gasteiger partial charge in [-0.25, -0.2) is 13.2 Å². The van der Waals surface area contributed by atoms with Gasteiger partial charge in [0.25, 0.3) is 0 Å². The Bertz CT molecular complexity index is 1500. The lowest BCUT2D eigenvalue weighted by molar-refractivity contribution is -0.160. The quantitative estimate of drug-likeness (QED) is 0.245. The van der Waals surface area contributed by atoms with Crippen molar-refractivity contribution in [2.75, 3.05) is 33.4 Å². The van der Waals surface area contributed by atoms with Gasteiger partial charge < -0.3 is 20.5 Å². The van der Waals surface area contributed by atoms with E-state index in [2.05, 4.69) is 11.4 Å². The number of fused-ring (bicyclic) bond motifs is 1. The third kappa shape index (κ3) is 5.98. The van der Waals surface area contributed by atoms with Crippen LogP contribution in [-0.4, -0.2) is 69.5 Å². The minimum Gasteiger partial charge on any atom is -0.464 e. The van der Waals surface area contributed by atoms with Crippen LogP contribution in [0.2, 0.25) is 0 Å². The largest absolute Gasteiger partial charge is 0.464 e. The van der Waals surface area contributed by atoms with Crippen LogP contribution in [0.3, 0.4) is 0 Å². The molecule has 2 heterocycles. The normalized spacial score (nSPS) is 21.7. The standard InChI is InChI=1S/C30H36N4O6S/c1-4-40-29(36)30(28(35)26(32)15-21-6-5-7-22(14-21)18-31)17-20(2)11-13-34(30)41(37,38)24-9-8-23-10-12-33-27(19-39-3)25(23)16-24/h5-9,11,14,16,26-27,33H,4,10,12-13,15,17,19,32H2,1-3H3/t26-,27-,30+/m0/s1. The first-order valence-electron chi connectivity index (χ1n) is 13.6. The first-order chi connectivity index (χ1) is 19.6. The van der Waals surface area contributed by atoms with E-state index in [0.29, 0.717) is 23.3 Å². The van der Waals surface area contributed by atoms with Gasteiger partial charge in [0.15, 0.2) is 11.3 Å². The van der Waals surface area contributed by atoms with E-state index in [-0.39, 0.29) is 36.9 Å². The molecule has 0 unspecified atom stereocenters. The number of nitrogens with two attached hydrogens (primary N) is 1. The molecule has 2 aromatic rings. The molecule has 2 aliphatic heterocycles. The highest BCUT2D eigenvalue weighted by molar-refractivity contribution is 7.89. The van der Waals surface area contributed by atoms with Crippen molar-refractivity contribution >= 4 is 21.8 Å². The summed E-state index contributed by atoms with van der Waals surface area (Å²) in [6.07, 6.45) is 2.25. The summed E-state index contributed by atoms with van der Waals surface area (Å²) < 4.78 is 40.3. The lowest BCUT2D eigenvalue weighted by Crippen LogP contribution is -2.67. The van der Waals surface area contributed by atoms with Crippen LogP contribution in [-0.2, 0) is 41.9 Å². The third-order valence-electron chi connectivity index (χ3n) is 7.63. The number of carbonyl (C=O) groups is 2. The molecule has 0 amide bonds. The fourth-order valence-electron chi connectivity index (χ4n) is 5.64. The summed E-state index contributed by atoms with van der Waals surface area (Å²) in [4.78, 5) is 27.9. The molecular formula is C30H36N4O6S. The summed E-state index contributed by atoms with van der Waals surface area (Å²) in [5.41, 5.74) is 7.72. The smallest absolute Gasteiger partial charge is 0.335 e. The number of nitrogens with zero attached hydrogens (tertiary/aromatic N) is 2. The Kier molecular flexibility index (Phi) is 9.41. The number of nitriles is 1. The maximum absolute atomic E-state index is 14.3. The van der Waals surface area contributed by atoms with Gasteiger partial charge in [0.2, 0.25) is 10.0 Å². The first kappa shape index (κ1) is 30.6. The Balaban J connectivity index is 1.80. The van der Waals surface area contributed by atoms with E-state index < -0.39 is 33.4 Å². The molecule has 218 valence electrons. The number of hydrogen-bond acceptors (Lipinski definition) is 9. The van der Waals surface area contributed by atoms with Crippen LogP contribution in [0.5, 0.6) is 0 Å². The summed E-state index contributed by atoms with van der Waals surface area (Å²) in [5.74, 6) is -1.72. The van der Waals surface area contributed by atoms with Crippen LogP contribution < -0.4 is 11.1 Å². The summed E-state index contributed by atoms with van der Waals surface area (Å²) in [6.45, 7) is 4.18. The molecule has 0 aromatic heterocycles. The zero-order valence-corrected chi connectivity index (χ0v) is 24.4. The fraction of sp³-hybridized carbons (Fsp3) is 0.433. The molecule has 3 atom stereocenters. The minimum atomic E-state index is -4.39. The maximum atomic E-state index is 14.3. The molecule has 10 nitrogen and oxygen atoms in total. The van der Waals surface area contributed by atoms with Gasteiger partial charge in [-0.05, 0) is 74.2 Å². The molecule has 0 aliphatic carbocycles. The van der Waals surface area contributed by atoms with Crippen molar-refractivity contribution in [2.45, 2.75) is 55.6 Å². The van der Waals surface area contributed by atoms with Crippen LogP contribution in [0.4, 0.5) is 0 Å². The van der Waals surface area contributed by atoms with Gasteiger partial charge in [-0.1, -0.05) is 29.8 Å². The van der Waals surface area contributed by atoms with Crippen molar-refractivity contribution in [1.29, 1.82) is 5.26 Å². The maximum Gasteiger partial charge on any atom is 0.335 e. The van der Waals surface area contributed by atoms with Gasteiger partial charge >= 0.3 is 5.97 Å². The average molecular weight is 581 g/mol. The Labute approximate surface area is 241 Å². The molecule has 0 fully saturated rings. The van der Waals surface area contributed by atoms with Crippen molar-refractivity contribution in [1.82, 2.24) is 9.62 Å². The van der Waals surface area contributed by atoms with Gasteiger partial charge in [-0.3, -0.25) is 4.79 Å². The van der Waals surface area contributed by atoms with Crippen LogP contribution in [0.1, 0.15) is 48.6 Å². The van der Waals surface area contributed by atoms with Gasteiger partial charge in [-0.2, -0.15) is 9.57 Å². The molecule has 0 saturated carbocycles. The molecule has 0 spiro atoms. The van der Waals surface area contributed by atoms with Crippen molar-refractivity contribution in [3.8, 4) is 6.07 Å². The third-order valence-corrected chi connectivity index (χ3v) is 9.53. The van der Waals surface area contributed by atoms with E-state index in [4.69, 9.17) is 15.2 Å². The lowest BCUT2D eigenvalue weighted by Gasteiger charge is -2.43. The number of rotatable bonds is 10. The number of Topliss-reactive ketones (excluding diaryl/α,β-unsaturated/α-hetero) is 1. The number of esters is 1. The second-order valence-corrected chi connectivity index (χ2v) is 12.3. The minimum absolute atomic E-state index is 0.00930. The number of ether oxygens (including phenoxy) is 2. The molecule has 3 N–H and O–H groups in total. The number of benzene rings is 2. The fourth-order valence-corrected chi connectivity index (χ4v) is 7.32. The Morgan fingerprint density at radius 1 is 1.27 bits per heavy atom. The number of ketones is 1. The highest BCUT2D eigenvalue weighted by Gasteiger charge is 2.58. The second-order valence-electron chi connectivity index (χ2n) is 10.4. The molecule has 0 radical (unpaired) electrons. The van der Waals surface area contributed by atoms with E-state index in [0.717, 1.165) is 28.4 Å². The first-order valence-corrected chi connectivity index (χ1v) is 15.0. The Hall–Kier alpha value is -3.40. The monoisotopic (exact) mass is 580 g/mol. The molecule has 41 heavy (non-hydrogen) atoms. The summed E-state index contributed by atoms with van der Waals surface area (Å²) >= 11 is 0. The second kappa shape index (κ2) is 12.6. The number of hydrogen-bond donors (Lipinski definition) is 2. The SMILES string of the molecule is CCOC(=O)[C@]1(C(=O)[C@@H](N)Cc2cccc(C#N)c2)CC(C)=CCN1S(=O)(=O)c1ccc2c(c1)[C@H](COC)NCC2. The number of methoxy groups -OCH3 is 1. The molecule has 2 aromatic carbocycles. The zero-order valence-electron chi connectivity index (χ0n) is 23.6. The van der Waals surface area contributed by atoms with Crippen molar-refractivity contribution in [3.63, 3.8) is 0 Å². The van der Waals surface area contributed by atoms with E-state index in [1.807, 2.05) is 0 Å². The van der Waals surface area contributed by atoms with Crippen molar-refractivity contribution < 1.29 is 27.5 Å². The molecular weight excluding hydrogens is 544 g/mol. The Morgan fingerprint density at radius 3 is 2.76 bits per heavy atom. The molecule has 11 heteroatoms. The van der Waals surface area contributed by atoms with Gasteiger partial charge in [0, 0.05) is 20.1 Å². The topological polar surface area (TPSA) is 152 Å². The van der Waals surface area contributed by atoms with Crippen LogP contribution in [0.25, 0.3) is 0 Å². The number of sulfonamides is 1.